The number of thiophene rings is 1. The Balaban J connectivity index is 1.54. The number of hydrogen-bond donors (Lipinski definition) is 0. The molecule has 2 aromatic rings. The van der Waals surface area contributed by atoms with Gasteiger partial charge in [-0.2, -0.15) is 0 Å². The Morgan fingerprint density at radius 2 is 1.96 bits per heavy atom. The number of benzene rings is 1. The highest BCUT2D eigenvalue weighted by Crippen LogP contribution is 2.23. The van der Waals surface area contributed by atoms with Gasteiger partial charge in [-0.25, -0.2) is 4.39 Å². The average Bonchev–Trinajstić information content (AvgIpc) is 3.06. The predicted molar refractivity (Wildman–Crippen MR) is 94.3 cm³/mol. The maximum Gasteiger partial charge on any atom is 0.223 e. The Morgan fingerprint density at radius 1 is 1.20 bits per heavy atom. The lowest BCUT2D eigenvalue weighted by Crippen LogP contribution is -2.42. The Bertz CT molecular complexity index is 756. The van der Waals surface area contributed by atoms with Gasteiger partial charge in [0.2, 0.25) is 5.91 Å². The molecule has 1 aliphatic rings. The summed E-state index contributed by atoms with van der Waals surface area (Å²) < 4.78 is 18.7. The number of aryl methyl sites for hydroxylation is 1. The van der Waals surface area contributed by atoms with Crippen LogP contribution in [0.1, 0.15) is 39.1 Å². The fourth-order valence-electron chi connectivity index (χ4n) is 2.84. The number of hydrogen-bond acceptors (Lipinski definition) is 4. The molecule has 6 heteroatoms. The molecule has 1 unspecified atom stereocenters. The minimum Gasteiger partial charge on any atom is -0.370 e. The number of carbonyl (C=O) groups is 2. The molecule has 1 atom stereocenters. The van der Waals surface area contributed by atoms with Gasteiger partial charge in [-0.3, -0.25) is 9.59 Å². The number of carbonyl (C=O) groups excluding carboxylic acids is 2. The van der Waals surface area contributed by atoms with Crippen molar-refractivity contribution in [1.29, 1.82) is 0 Å². The van der Waals surface area contributed by atoms with Crippen LogP contribution in [0.25, 0.3) is 0 Å². The second-order valence-electron chi connectivity index (χ2n) is 6.08. The number of rotatable bonds is 5. The molecule has 132 valence electrons. The Morgan fingerprint density at radius 3 is 2.64 bits per heavy atom. The van der Waals surface area contributed by atoms with Crippen molar-refractivity contribution < 1.29 is 18.7 Å². The highest BCUT2D eigenvalue weighted by Gasteiger charge is 2.25. The molecule has 3 rings (SSSR count). The Kier molecular flexibility index (Phi) is 5.60. The first kappa shape index (κ1) is 17.8. The van der Waals surface area contributed by atoms with E-state index in [2.05, 4.69) is 0 Å². The van der Waals surface area contributed by atoms with Crippen molar-refractivity contribution in [3.8, 4) is 0 Å². The van der Waals surface area contributed by atoms with Gasteiger partial charge in [-0.1, -0.05) is 12.1 Å². The summed E-state index contributed by atoms with van der Waals surface area (Å²) in [5.74, 6) is -0.332. The second-order valence-corrected chi connectivity index (χ2v) is 7.37. The first-order valence-corrected chi connectivity index (χ1v) is 9.09. The van der Waals surface area contributed by atoms with Gasteiger partial charge in [-0.05, 0) is 36.8 Å². The summed E-state index contributed by atoms with van der Waals surface area (Å²) in [6.07, 6.45) is 0.164. The van der Waals surface area contributed by atoms with E-state index >= 15 is 0 Å². The molecule has 0 N–H and O–H groups in total. The maximum absolute atomic E-state index is 13.0. The number of ketones is 1. The molecule has 1 aromatic heterocycles. The molecule has 0 bridgehead atoms. The molecule has 1 saturated heterocycles. The van der Waals surface area contributed by atoms with Gasteiger partial charge in [0.15, 0.2) is 5.78 Å². The van der Waals surface area contributed by atoms with E-state index in [9.17, 15) is 14.0 Å². The number of ether oxygens (including phenoxy) is 1. The molecule has 4 nitrogen and oxygen atoms in total. The summed E-state index contributed by atoms with van der Waals surface area (Å²) in [7, 11) is 0. The van der Waals surface area contributed by atoms with Crippen molar-refractivity contribution in [3.63, 3.8) is 0 Å². The van der Waals surface area contributed by atoms with Crippen LogP contribution in [0.5, 0.6) is 0 Å². The topological polar surface area (TPSA) is 46.6 Å². The van der Waals surface area contributed by atoms with Gasteiger partial charge >= 0.3 is 0 Å². The van der Waals surface area contributed by atoms with Crippen molar-refractivity contribution in [2.24, 2.45) is 0 Å². The van der Waals surface area contributed by atoms with E-state index in [0.29, 0.717) is 24.6 Å². The average molecular weight is 361 g/mol. The number of nitrogens with zero attached hydrogens (tertiary/aromatic N) is 1. The Labute approximate surface area is 150 Å². The third kappa shape index (κ3) is 4.52. The van der Waals surface area contributed by atoms with Gasteiger partial charge in [0.1, 0.15) is 11.9 Å². The quantitative estimate of drug-likeness (QED) is 0.762. The molecule has 1 aromatic carbocycles. The molecule has 1 fully saturated rings. The standard InChI is InChI=1S/C19H20FNO3S/c1-13-2-8-18(25-13)16(22)7-9-19(23)21-10-11-24-17(12-21)14-3-5-15(20)6-4-14/h2-6,8,17H,7,9-12H2,1H3. The molecule has 0 saturated carbocycles. The lowest BCUT2D eigenvalue weighted by Gasteiger charge is -2.33. The van der Waals surface area contributed by atoms with Crippen LogP contribution in [-0.2, 0) is 9.53 Å². The zero-order chi connectivity index (χ0) is 17.8. The molecule has 0 radical (unpaired) electrons. The monoisotopic (exact) mass is 361 g/mol. The van der Waals surface area contributed by atoms with E-state index in [1.165, 1.54) is 23.5 Å². The van der Waals surface area contributed by atoms with Crippen LogP contribution in [0.4, 0.5) is 4.39 Å². The van der Waals surface area contributed by atoms with Gasteiger partial charge in [0, 0.05) is 24.3 Å². The molecule has 0 aliphatic carbocycles. The van der Waals surface area contributed by atoms with Crippen LogP contribution in [0.2, 0.25) is 0 Å². The first-order chi connectivity index (χ1) is 12.0. The third-order valence-electron chi connectivity index (χ3n) is 4.24. The van der Waals surface area contributed by atoms with E-state index in [4.69, 9.17) is 4.74 Å². The fraction of sp³-hybridized carbons (Fsp3) is 0.368. The van der Waals surface area contributed by atoms with E-state index in [0.717, 1.165) is 10.4 Å². The maximum atomic E-state index is 13.0. The van der Waals surface area contributed by atoms with Gasteiger partial charge in [0.05, 0.1) is 18.0 Å². The van der Waals surface area contributed by atoms with Crippen molar-refractivity contribution >= 4 is 23.0 Å². The van der Waals surface area contributed by atoms with E-state index in [1.54, 1.807) is 17.0 Å². The van der Waals surface area contributed by atoms with Crippen LogP contribution in [-0.4, -0.2) is 36.3 Å². The van der Waals surface area contributed by atoms with Crippen LogP contribution in [0, 0.1) is 12.7 Å². The van der Waals surface area contributed by atoms with E-state index in [1.807, 2.05) is 19.1 Å². The second kappa shape index (κ2) is 7.89. The number of morpholine rings is 1. The summed E-state index contributed by atoms with van der Waals surface area (Å²) in [6, 6.07) is 9.86. The van der Waals surface area contributed by atoms with Crippen LogP contribution < -0.4 is 0 Å². The largest absolute Gasteiger partial charge is 0.370 e. The highest BCUT2D eigenvalue weighted by atomic mass is 32.1. The molecular weight excluding hydrogens is 341 g/mol. The molecule has 1 amide bonds. The normalized spacial score (nSPS) is 17.5. The summed E-state index contributed by atoms with van der Waals surface area (Å²) in [6.45, 7) is 3.33. The summed E-state index contributed by atoms with van der Waals surface area (Å²) in [4.78, 5) is 28.1. The van der Waals surface area contributed by atoms with Crippen molar-refractivity contribution in [1.82, 2.24) is 4.90 Å². The zero-order valence-electron chi connectivity index (χ0n) is 14.0. The van der Waals surface area contributed by atoms with Crippen LogP contribution in [0.15, 0.2) is 36.4 Å². The molecular formula is C19H20FNO3S. The van der Waals surface area contributed by atoms with Crippen molar-refractivity contribution in [2.75, 3.05) is 19.7 Å². The zero-order valence-corrected chi connectivity index (χ0v) is 14.9. The predicted octanol–water partition coefficient (Wildman–Crippen LogP) is 3.76. The lowest BCUT2D eigenvalue weighted by atomic mass is 10.1. The smallest absolute Gasteiger partial charge is 0.223 e. The fourth-order valence-corrected chi connectivity index (χ4v) is 3.68. The number of halogens is 1. The van der Waals surface area contributed by atoms with Gasteiger partial charge in [0.25, 0.3) is 0 Å². The van der Waals surface area contributed by atoms with Crippen molar-refractivity contribution in [3.05, 3.63) is 57.5 Å². The number of amides is 1. The minimum absolute atomic E-state index is 0.00907. The summed E-state index contributed by atoms with van der Waals surface area (Å²) >= 11 is 1.46. The van der Waals surface area contributed by atoms with Crippen LogP contribution in [0.3, 0.4) is 0 Å². The molecule has 0 spiro atoms. The van der Waals surface area contributed by atoms with Crippen molar-refractivity contribution in [2.45, 2.75) is 25.9 Å². The molecule has 2 heterocycles. The van der Waals surface area contributed by atoms with E-state index < -0.39 is 0 Å². The first-order valence-electron chi connectivity index (χ1n) is 8.27. The van der Waals surface area contributed by atoms with Gasteiger partial charge in [-0.15, -0.1) is 11.3 Å². The highest BCUT2D eigenvalue weighted by molar-refractivity contribution is 7.14. The Hall–Kier alpha value is -2.05. The molecule has 1 aliphatic heterocycles. The molecule has 25 heavy (non-hydrogen) atoms. The minimum atomic E-state index is -0.296. The van der Waals surface area contributed by atoms with Crippen LogP contribution >= 0.6 is 11.3 Å². The lowest BCUT2D eigenvalue weighted by molar-refractivity contribution is -0.139. The van der Waals surface area contributed by atoms with Gasteiger partial charge < -0.3 is 9.64 Å². The summed E-state index contributed by atoms with van der Waals surface area (Å²) in [5, 5.41) is 0. The summed E-state index contributed by atoms with van der Waals surface area (Å²) in [5.41, 5.74) is 0.851. The SMILES string of the molecule is Cc1ccc(C(=O)CCC(=O)N2CCOC(c3ccc(F)cc3)C2)s1. The number of Topliss-reactive ketones (excluding diaryl/α,β-unsaturated/α-hetero) is 1. The third-order valence-corrected chi connectivity index (χ3v) is 5.28. The van der Waals surface area contributed by atoms with E-state index in [-0.39, 0.29) is 36.5 Å².